The number of hydrogen-bond donors (Lipinski definition) is 0. The fourth-order valence-electron chi connectivity index (χ4n) is 5.21. The third-order valence-corrected chi connectivity index (χ3v) is 6.69. The number of nitrogens with zero attached hydrogens (tertiary/aromatic N) is 2. The lowest BCUT2D eigenvalue weighted by Crippen LogP contribution is -2.55. The van der Waals surface area contributed by atoms with Crippen LogP contribution < -0.4 is 0 Å². The monoisotopic (exact) mass is 364 g/mol. The largest absolute Gasteiger partial charge is 0.379 e. The first kappa shape index (κ1) is 19.2. The molecule has 0 amide bonds. The van der Waals surface area contributed by atoms with Crippen LogP contribution in [0.5, 0.6) is 0 Å². The lowest BCUT2D eigenvalue weighted by molar-refractivity contribution is -0.0409. The van der Waals surface area contributed by atoms with Crippen molar-refractivity contribution in [3.8, 4) is 0 Å². The molecule has 2 aliphatic rings. The van der Waals surface area contributed by atoms with Crippen LogP contribution in [-0.4, -0.2) is 55.2 Å². The minimum Gasteiger partial charge on any atom is -0.379 e. The molecule has 0 spiro atoms. The van der Waals surface area contributed by atoms with Crippen molar-refractivity contribution in [1.82, 2.24) is 9.80 Å². The van der Waals surface area contributed by atoms with Crippen molar-refractivity contribution in [2.75, 3.05) is 39.4 Å². The Labute approximate surface area is 158 Å². The van der Waals surface area contributed by atoms with Crippen LogP contribution >= 0.6 is 11.6 Å². The minimum absolute atomic E-state index is 0.149. The van der Waals surface area contributed by atoms with Crippen LogP contribution in [0.4, 0.5) is 0 Å². The Morgan fingerprint density at radius 3 is 2.36 bits per heavy atom. The molecule has 3 nitrogen and oxygen atoms in total. The molecule has 1 aromatic rings. The Kier molecular flexibility index (Phi) is 6.43. The highest BCUT2D eigenvalue weighted by Crippen LogP contribution is 2.46. The number of benzene rings is 1. The van der Waals surface area contributed by atoms with E-state index in [9.17, 15) is 0 Å². The van der Waals surface area contributed by atoms with Crippen molar-refractivity contribution in [2.24, 2.45) is 5.92 Å². The van der Waals surface area contributed by atoms with E-state index in [0.717, 1.165) is 44.4 Å². The van der Waals surface area contributed by atoms with Gasteiger partial charge in [-0.3, -0.25) is 9.80 Å². The van der Waals surface area contributed by atoms with Crippen LogP contribution in [0.2, 0.25) is 5.02 Å². The summed E-state index contributed by atoms with van der Waals surface area (Å²) in [6.07, 6.45) is 3.71. The van der Waals surface area contributed by atoms with Gasteiger partial charge in [0.05, 0.1) is 13.2 Å². The quantitative estimate of drug-likeness (QED) is 0.770. The van der Waals surface area contributed by atoms with Crippen molar-refractivity contribution in [2.45, 2.75) is 51.6 Å². The summed E-state index contributed by atoms with van der Waals surface area (Å²) in [5.74, 6) is 0.683. The summed E-state index contributed by atoms with van der Waals surface area (Å²) in [5, 5.41) is 0.827. The first-order valence-electron chi connectivity index (χ1n) is 9.93. The molecule has 4 heteroatoms. The zero-order chi connectivity index (χ0) is 17.9. The Morgan fingerprint density at radius 1 is 1.16 bits per heavy atom. The lowest BCUT2D eigenvalue weighted by atomic mass is 9.68. The van der Waals surface area contributed by atoms with Gasteiger partial charge in [-0.1, -0.05) is 44.5 Å². The van der Waals surface area contributed by atoms with E-state index in [0.29, 0.717) is 12.0 Å². The predicted molar refractivity (Wildman–Crippen MR) is 105 cm³/mol. The van der Waals surface area contributed by atoms with E-state index < -0.39 is 0 Å². The van der Waals surface area contributed by atoms with E-state index in [4.69, 9.17) is 16.3 Å². The van der Waals surface area contributed by atoms with E-state index in [1.54, 1.807) is 0 Å². The SMILES string of the molecule is CCN(CC)C1(c2ccc(Cl)cc2)CCC(N2CCOCC2)C(C)C1. The Balaban J connectivity index is 1.85. The van der Waals surface area contributed by atoms with E-state index in [1.165, 1.54) is 24.8 Å². The molecule has 1 saturated heterocycles. The number of hydrogen-bond acceptors (Lipinski definition) is 3. The first-order chi connectivity index (χ1) is 12.1. The zero-order valence-electron chi connectivity index (χ0n) is 16.0. The molecule has 0 aromatic heterocycles. The van der Waals surface area contributed by atoms with E-state index >= 15 is 0 Å². The molecule has 0 N–H and O–H groups in total. The van der Waals surface area contributed by atoms with Gasteiger partial charge in [0.1, 0.15) is 0 Å². The average molecular weight is 365 g/mol. The summed E-state index contributed by atoms with van der Waals surface area (Å²) in [6, 6.07) is 9.31. The second-order valence-electron chi connectivity index (χ2n) is 7.65. The highest BCUT2D eigenvalue weighted by atomic mass is 35.5. The fourth-order valence-corrected chi connectivity index (χ4v) is 5.34. The van der Waals surface area contributed by atoms with Gasteiger partial charge in [-0.15, -0.1) is 0 Å². The summed E-state index contributed by atoms with van der Waals surface area (Å²) in [5.41, 5.74) is 1.59. The van der Waals surface area contributed by atoms with Gasteiger partial charge in [0.15, 0.2) is 0 Å². The summed E-state index contributed by atoms with van der Waals surface area (Å²) in [6.45, 7) is 13.2. The van der Waals surface area contributed by atoms with Crippen molar-refractivity contribution < 1.29 is 4.74 Å². The molecule has 0 bridgehead atoms. The summed E-state index contributed by atoms with van der Waals surface area (Å²) in [7, 11) is 0. The standard InChI is InChI=1S/C21H33ClN2O/c1-4-24(5-2)21(18-6-8-19(22)9-7-18)11-10-20(17(3)16-21)23-12-14-25-15-13-23/h6-9,17,20H,4-5,10-16H2,1-3H3. The summed E-state index contributed by atoms with van der Waals surface area (Å²) >= 11 is 6.16. The third kappa shape index (κ3) is 3.90. The summed E-state index contributed by atoms with van der Waals surface area (Å²) in [4.78, 5) is 5.34. The number of morpholine rings is 1. The molecule has 1 aliphatic carbocycles. The Hall–Kier alpha value is -0.610. The molecule has 1 heterocycles. The van der Waals surface area contributed by atoms with Crippen LogP contribution in [0.25, 0.3) is 0 Å². The maximum absolute atomic E-state index is 6.16. The molecule has 1 saturated carbocycles. The molecule has 3 rings (SSSR count). The molecule has 3 unspecified atom stereocenters. The molecular formula is C21H33ClN2O. The number of rotatable bonds is 5. The highest BCUT2D eigenvalue weighted by Gasteiger charge is 2.45. The topological polar surface area (TPSA) is 15.7 Å². The smallest absolute Gasteiger partial charge is 0.0594 e. The van der Waals surface area contributed by atoms with E-state index in [-0.39, 0.29) is 5.54 Å². The molecule has 25 heavy (non-hydrogen) atoms. The highest BCUT2D eigenvalue weighted by molar-refractivity contribution is 6.30. The second-order valence-corrected chi connectivity index (χ2v) is 8.08. The van der Waals surface area contributed by atoms with E-state index in [1.807, 2.05) is 0 Å². The van der Waals surface area contributed by atoms with Crippen molar-refractivity contribution >= 4 is 11.6 Å². The van der Waals surface area contributed by atoms with Gasteiger partial charge in [-0.25, -0.2) is 0 Å². The van der Waals surface area contributed by atoms with Crippen LogP contribution in [0.15, 0.2) is 24.3 Å². The average Bonchev–Trinajstić information content (AvgIpc) is 2.64. The summed E-state index contributed by atoms with van der Waals surface area (Å²) < 4.78 is 5.56. The van der Waals surface area contributed by atoms with Crippen molar-refractivity contribution in [3.63, 3.8) is 0 Å². The molecule has 140 valence electrons. The van der Waals surface area contributed by atoms with Crippen LogP contribution in [-0.2, 0) is 10.3 Å². The van der Waals surface area contributed by atoms with Gasteiger partial charge < -0.3 is 4.74 Å². The number of halogens is 1. The van der Waals surface area contributed by atoms with Crippen LogP contribution in [0.3, 0.4) is 0 Å². The molecule has 2 fully saturated rings. The van der Waals surface area contributed by atoms with E-state index in [2.05, 4.69) is 54.8 Å². The van der Waals surface area contributed by atoms with Gasteiger partial charge in [0.2, 0.25) is 0 Å². The van der Waals surface area contributed by atoms with Gasteiger partial charge in [-0.2, -0.15) is 0 Å². The van der Waals surface area contributed by atoms with Crippen molar-refractivity contribution in [3.05, 3.63) is 34.9 Å². The normalized spacial score (nSPS) is 31.4. The molecule has 3 atom stereocenters. The molecule has 1 aliphatic heterocycles. The zero-order valence-corrected chi connectivity index (χ0v) is 16.8. The van der Waals surface area contributed by atoms with Crippen molar-refractivity contribution in [1.29, 1.82) is 0 Å². The van der Waals surface area contributed by atoms with Gasteiger partial charge in [0, 0.05) is 29.7 Å². The Bertz CT molecular complexity index is 539. The Morgan fingerprint density at radius 2 is 1.80 bits per heavy atom. The maximum atomic E-state index is 6.16. The second kappa shape index (κ2) is 8.39. The third-order valence-electron chi connectivity index (χ3n) is 6.44. The first-order valence-corrected chi connectivity index (χ1v) is 10.3. The molecule has 1 aromatic carbocycles. The molecular weight excluding hydrogens is 332 g/mol. The van der Waals surface area contributed by atoms with Crippen LogP contribution in [0, 0.1) is 5.92 Å². The fraction of sp³-hybridized carbons (Fsp3) is 0.714. The molecule has 0 radical (unpaired) electrons. The lowest BCUT2D eigenvalue weighted by Gasteiger charge is -2.52. The maximum Gasteiger partial charge on any atom is 0.0594 e. The van der Waals surface area contributed by atoms with Gasteiger partial charge >= 0.3 is 0 Å². The number of ether oxygens (including phenoxy) is 1. The van der Waals surface area contributed by atoms with Crippen LogP contribution in [0.1, 0.15) is 45.6 Å². The predicted octanol–water partition coefficient (Wildman–Crippen LogP) is 4.40. The van der Waals surface area contributed by atoms with Gasteiger partial charge in [-0.05, 0) is 56.0 Å². The van der Waals surface area contributed by atoms with Gasteiger partial charge in [0.25, 0.3) is 0 Å². The minimum atomic E-state index is 0.149.